The molecule has 1 aliphatic rings. The third kappa shape index (κ3) is 3.36. The number of nitrogens with one attached hydrogen (secondary N) is 1. The zero-order chi connectivity index (χ0) is 17.1. The first-order valence-corrected chi connectivity index (χ1v) is 8.56. The highest BCUT2D eigenvalue weighted by atomic mass is 35.5. The highest BCUT2D eigenvalue weighted by Gasteiger charge is 2.26. The van der Waals surface area contributed by atoms with E-state index in [1.165, 1.54) is 5.56 Å². The maximum atomic E-state index is 12.2. The Morgan fingerprint density at radius 2 is 1.96 bits per heavy atom. The summed E-state index contributed by atoms with van der Waals surface area (Å²) in [6.45, 7) is 2.16. The molecule has 1 aromatic carbocycles. The average Bonchev–Trinajstić information content (AvgIpc) is 2.97. The van der Waals surface area contributed by atoms with E-state index in [0.29, 0.717) is 12.5 Å². The monoisotopic (exact) mass is 349 g/mol. The fourth-order valence-corrected chi connectivity index (χ4v) is 3.48. The van der Waals surface area contributed by atoms with Crippen molar-refractivity contribution in [3.8, 4) is 0 Å². The normalized spacial score (nSPS) is 20.8. The number of nitrogens with zero attached hydrogens (tertiary/aromatic N) is 4. The summed E-state index contributed by atoms with van der Waals surface area (Å²) in [6, 6.07) is 7.43. The van der Waals surface area contributed by atoms with E-state index in [-0.39, 0.29) is 6.04 Å². The van der Waals surface area contributed by atoms with Crippen molar-refractivity contribution in [2.45, 2.75) is 51.1 Å². The zero-order valence-electron chi connectivity index (χ0n) is 13.5. The summed E-state index contributed by atoms with van der Waals surface area (Å²) in [7, 11) is 0. The molecule has 0 radical (unpaired) electrons. The lowest BCUT2D eigenvalue weighted by Gasteiger charge is -2.29. The Kier molecular flexibility index (Phi) is 4.99. The van der Waals surface area contributed by atoms with Gasteiger partial charge < -0.3 is 5.32 Å². The van der Waals surface area contributed by atoms with E-state index in [1.807, 2.05) is 18.2 Å². The molecule has 0 atom stereocenters. The molecule has 1 amide bonds. The van der Waals surface area contributed by atoms with Crippen LogP contribution in [0.15, 0.2) is 29.1 Å². The predicted molar refractivity (Wildman–Crippen MR) is 90.3 cm³/mol. The standard InChI is InChI=1S/C16H20ClN5O2/c1-2-21-16(24)22(20-19-21)15(23)18-12-9-7-11(8-10-12)13-5-3-4-6-14(13)17/h3-6,11-12H,2,7-10H2,1H3,(H,18,23). The van der Waals surface area contributed by atoms with Gasteiger partial charge in [-0.1, -0.05) is 29.8 Å². The molecule has 0 unspecified atom stereocenters. The van der Waals surface area contributed by atoms with Crippen LogP contribution in [0.3, 0.4) is 0 Å². The van der Waals surface area contributed by atoms with Crippen LogP contribution in [0.5, 0.6) is 0 Å². The van der Waals surface area contributed by atoms with Crippen molar-refractivity contribution in [1.29, 1.82) is 0 Å². The molecular weight excluding hydrogens is 330 g/mol. The summed E-state index contributed by atoms with van der Waals surface area (Å²) in [4.78, 5) is 24.1. The average molecular weight is 350 g/mol. The molecule has 128 valence electrons. The molecule has 1 saturated carbocycles. The number of amides is 1. The van der Waals surface area contributed by atoms with Gasteiger partial charge in [-0.15, -0.1) is 4.68 Å². The molecule has 1 aromatic heterocycles. The van der Waals surface area contributed by atoms with Crippen LogP contribution in [0, 0.1) is 0 Å². The Balaban J connectivity index is 1.59. The number of halogens is 1. The largest absolute Gasteiger partial charge is 0.372 e. The van der Waals surface area contributed by atoms with Crippen molar-refractivity contribution in [3.63, 3.8) is 0 Å². The van der Waals surface area contributed by atoms with Crippen molar-refractivity contribution in [2.75, 3.05) is 0 Å². The summed E-state index contributed by atoms with van der Waals surface area (Å²) in [5, 5.41) is 10.9. The first-order chi connectivity index (χ1) is 11.6. The van der Waals surface area contributed by atoms with Gasteiger partial charge in [-0.25, -0.2) is 9.59 Å². The molecule has 2 aromatic rings. The van der Waals surface area contributed by atoms with Crippen LogP contribution in [-0.2, 0) is 6.54 Å². The number of aromatic nitrogens is 4. The molecule has 24 heavy (non-hydrogen) atoms. The van der Waals surface area contributed by atoms with Crippen molar-refractivity contribution in [1.82, 2.24) is 25.1 Å². The van der Waals surface area contributed by atoms with Gasteiger partial charge in [-0.05, 0) is 60.6 Å². The SMILES string of the molecule is CCn1nnn(C(=O)NC2CCC(c3ccccc3Cl)CC2)c1=O. The molecule has 1 heterocycles. The second-order valence-corrected chi connectivity index (χ2v) is 6.42. The van der Waals surface area contributed by atoms with Crippen LogP contribution in [0.2, 0.25) is 5.02 Å². The van der Waals surface area contributed by atoms with Crippen LogP contribution < -0.4 is 11.0 Å². The van der Waals surface area contributed by atoms with Crippen LogP contribution >= 0.6 is 11.6 Å². The Labute approximate surface area is 144 Å². The number of hydrogen-bond acceptors (Lipinski definition) is 4. The highest BCUT2D eigenvalue weighted by molar-refractivity contribution is 6.31. The van der Waals surface area contributed by atoms with Crippen LogP contribution in [-0.4, -0.2) is 31.9 Å². The van der Waals surface area contributed by atoms with E-state index in [1.54, 1.807) is 6.92 Å². The van der Waals surface area contributed by atoms with Crippen molar-refractivity contribution >= 4 is 17.6 Å². The lowest BCUT2D eigenvalue weighted by atomic mass is 9.82. The van der Waals surface area contributed by atoms with Gasteiger partial charge in [0.25, 0.3) is 0 Å². The maximum Gasteiger partial charge on any atom is 0.372 e. The summed E-state index contributed by atoms with van der Waals surface area (Å²) in [5.41, 5.74) is 0.658. The third-order valence-corrected chi connectivity index (χ3v) is 4.88. The molecule has 8 heteroatoms. The second kappa shape index (κ2) is 7.17. The van der Waals surface area contributed by atoms with Gasteiger partial charge in [0.05, 0.1) is 0 Å². The van der Waals surface area contributed by atoms with Crippen LogP contribution in [0.4, 0.5) is 4.79 Å². The Bertz CT molecular complexity index is 777. The van der Waals surface area contributed by atoms with Gasteiger partial charge in [-0.2, -0.15) is 4.68 Å². The van der Waals surface area contributed by atoms with E-state index >= 15 is 0 Å². The van der Waals surface area contributed by atoms with Gasteiger partial charge in [0, 0.05) is 17.6 Å². The van der Waals surface area contributed by atoms with Crippen LogP contribution in [0.25, 0.3) is 0 Å². The molecule has 0 spiro atoms. The number of carbonyl (C=O) groups is 1. The molecule has 0 saturated heterocycles. The molecule has 0 bridgehead atoms. The van der Waals surface area contributed by atoms with Crippen LogP contribution in [0.1, 0.15) is 44.1 Å². The van der Waals surface area contributed by atoms with Gasteiger partial charge >= 0.3 is 11.7 Å². The van der Waals surface area contributed by atoms with Gasteiger partial charge in [0.2, 0.25) is 0 Å². The first kappa shape index (κ1) is 16.7. The number of hydrogen-bond donors (Lipinski definition) is 1. The van der Waals surface area contributed by atoms with Crippen molar-refractivity contribution in [3.05, 3.63) is 45.3 Å². The predicted octanol–water partition coefficient (Wildman–Crippen LogP) is 2.40. The topological polar surface area (TPSA) is 81.8 Å². The number of rotatable bonds is 3. The lowest BCUT2D eigenvalue weighted by molar-refractivity contribution is 0.228. The highest BCUT2D eigenvalue weighted by Crippen LogP contribution is 2.36. The molecule has 1 aliphatic carbocycles. The van der Waals surface area contributed by atoms with Gasteiger partial charge in [-0.3, -0.25) is 0 Å². The lowest BCUT2D eigenvalue weighted by Crippen LogP contribution is -2.44. The summed E-state index contributed by atoms with van der Waals surface area (Å²) in [6.07, 6.45) is 3.59. The molecule has 7 nitrogen and oxygen atoms in total. The summed E-state index contributed by atoms with van der Waals surface area (Å²) < 4.78 is 1.93. The fourth-order valence-electron chi connectivity index (χ4n) is 3.19. The van der Waals surface area contributed by atoms with Gasteiger partial charge in [0.1, 0.15) is 0 Å². The van der Waals surface area contributed by atoms with Gasteiger partial charge in [0.15, 0.2) is 0 Å². The minimum absolute atomic E-state index is 0.0370. The van der Waals surface area contributed by atoms with Crippen molar-refractivity contribution in [2.24, 2.45) is 0 Å². The van der Waals surface area contributed by atoms with E-state index in [4.69, 9.17) is 11.6 Å². The fraction of sp³-hybridized carbons (Fsp3) is 0.500. The molecule has 1 N–H and O–H groups in total. The Morgan fingerprint density at radius 3 is 2.58 bits per heavy atom. The van der Waals surface area contributed by atoms with E-state index in [9.17, 15) is 9.59 Å². The summed E-state index contributed by atoms with van der Waals surface area (Å²) in [5.74, 6) is 0.413. The summed E-state index contributed by atoms with van der Waals surface area (Å²) >= 11 is 6.27. The van der Waals surface area contributed by atoms with E-state index in [2.05, 4.69) is 21.8 Å². The number of aryl methyl sites for hydroxylation is 1. The molecular formula is C16H20ClN5O2. The Morgan fingerprint density at radius 1 is 1.25 bits per heavy atom. The zero-order valence-corrected chi connectivity index (χ0v) is 14.2. The minimum atomic E-state index is -0.514. The number of benzene rings is 1. The molecule has 3 rings (SSSR count). The van der Waals surface area contributed by atoms with E-state index in [0.717, 1.165) is 40.1 Å². The quantitative estimate of drug-likeness (QED) is 0.862. The molecule has 0 aliphatic heterocycles. The molecule has 1 fully saturated rings. The maximum absolute atomic E-state index is 12.2. The smallest absolute Gasteiger partial charge is 0.333 e. The first-order valence-electron chi connectivity index (χ1n) is 8.18. The third-order valence-electron chi connectivity index (χ3n) is 4.53. The number of carbonyl (C=O) groups excluding carboxylic acids is 1. The number of tetrazole rings is 1. The minimum Gasteiger partial charge on any atom is -0.333 e. The Hall–Kier alpha value is -2.15. The van der Waals surface area contributed by atoms with Crippen molar-refractivity contribution < 1.29 is 4.79 Å². The second-order valence-electron chi connectivity index (χ2n) is 6.01. The van der Waals surface area contributed by atoms with E-state index < -0.39 is 11.7 Å².